The van der Waals surface area contributed by atoms with Gasteiger partial charge in [0.25, 0.3) is 15.9 Å². The van der Waals surface area contributed by atoms with Gasteiger partial charge in [0.05, 0.1) is 4.90 Å². The number of carbonyl (C=O) groups is 1. The zero-order chi connectivity index (χ0) is 20.0. The third-order valence-corrected chi connectivity index (χ3v) is 5.30. The number of sulfonamides is 1. The van der Waals surface area contributed by atoms with Crippen molar-refractivity contribution in [3.63, 3.8) is 0 Å². The van der Waals surface area contributed by atoms with Crippen LogP contribution in [0.3, 0.4) is 0 Å². The zero-order valence-electron chi connectivity index (χ0n) is 15.3. The molecule has 2 aromatic carbocycles. The van der Waals surface area contributed by atoms with Gasteiger partial charge in [-0.2, -0.15) is 0 Å². The van der Waals surface area contributed by atoms with Crippen LogP contribution in [0.5, 0.6) is 0 Å². The molecular weight excluding hydrogens is 369 g/mol. The Labute approximate surface area is 159 Å². The lowest BCUT2D eigenvalue weighted by atomic mass is 10.0. The Morgan fingerprint density at radius 2 is 1.67 bits per heavy atom. The highest BCUT2D eigenvalue weighted by molar-refractivity contribution is 7.92. The average Bonchev–Trinajstić information content (AvgIpc) is 2.61. The van der Waals surface area contributed by atoms with Crippen molar-refractivity contribution in [3.8, 4) is 0 Å². The maximum absolute atomic E-state index is 12.9. The minimum Gasteiger partial charge on any atom is -0.348 e. The smallest absolute Gasteiger partial charge is 0.261 e. The highest BCUT2D eigenvalue weighted by Crippen LogP contribution is 2.17. The van der Waals surface area contributed by atoms with E-state index < -0.39 is 15.8 Å². The van der Waals surface area contributed by atoms with Crippen LogP contribution in [0, 0.1) is 11.7 Å². The number of anilines is 1. The first-order chi connectivity index (χ1) is 12.7. The van der Waals surface area contributed by atoms with Crippen molar-refractivity contribution in [2.45, 2.75) is 31.2 Å². The molecule has 0 aliphatic heterocycles. The van der Waals surface area contributed by atoms with Crippen molar-refractivity contribution >= 4 is 21.6 Å². The molecule has 0 saturated carbocycles. The van der Waals surface area contributed by atoms with Crippen LogP contribution >= 0.6 is 0 Å². The van der Waals surface area contributed by atoms with Gasteiger partial charge < -0.3 is 11.1 Å². The van der Waals surface area contributed by atoms with Crippen LogP contribution in [-0.2, 0) is 10.0 Å². The standard InChI is InChI=1S/C19H24FN3O3S/c1-13(2)11-17(12-21)22-19(24)14-3-7-16(8-4-14)23-27(25,26)18-9-5-15(20)6-10-18/h3-10,13,17,23H,11-12,21H2,1-2H3,(H,22,24). The van der Waals surface area contributed by atoms with Gasteiger partial charge in [-0.05, 0) is 60.9 Å². The zero-order valence-corrected chi connectivity index (χ0v) is 16.1. The minimum atomic E-state index is -3.83. The van der Waals surface area contributed by atoms with Gasteiger partial charge in [-0.1, -0.05) is 13.8 Å². The van der Waals surface area contributed by atoms with Gasteiger partial charge in [-0.3, -0.25) is 9.52 Å². The van der Waals surface area contributed by atoms with Gasteiger partial charge >= 0.3 is 0 Å². The molecule has 0 radical (unpaired) electrons. The van der Waals surface area contributed by atoms with Crippen LogP contribution in [0.15, 0.2) is 53.4 Å². The molecule has 0 saturated heterocycles. The molecule has 0 heterocycles. The van der Waals surface area contributed by atoms with Crippen LogP contribution in [0.2, 0.25) is 0 Å². The van der Waals surface area contributed by atoms with Gasteiger partial charge in [0.2, 0.25) is 0 Å². The van der Waals surface area contributed by atoms with Crippen LogP contribution in [0.25, 0.3) is 0 Å². The monoisotopic (exact) mass is 393 g/mol. The van der Waals surface area contributed by atoms with E-state index in [0.29, 0.717) is 23.7 Å². The predicted octanol–water partition coefficient (Wildman–Crippen LogP) is 2.73. The fourth-order valence-corrected chi connectivity index (χ4v) is 3.63. The molecule has 2 rings (SSSR count). The van der Waals surface area contributed by atoms with Crippen molar-refractivity contribution in [2.75, 3.05) is 11.3 Å². The average molecular weight is 393 g/mol. The highest BCUT2D eigenvalue weighted by Gasteiger charge is 2.16. The summed E-state index contributed by atoms with van der Waals surface area (Å²) in [6.07, 6.45) is 0.776. The second-order valence-electron chi connectivity index (χ2n) is 6.67. The van der Waals surface area contributed by atoms with E-state index in [4.69, 9.17) is 5.73 Å². The molecule has 0 spiro atoms. The number of halogens is 1. The van der Waals surface area contributed by atoms with E-state index in [-0.39, 0.29) is 16.8 Å². The van der Waals surface area contributed by atoms with E-state index in [1.165, 1.54) is 36.4 Å². The van der Waals surface area contributed by atoms with E-state index in [2.05, 4.69) is 23.9 Å². The van der Waals surface area contributed by atoms with Crippen molar-refractivity contribution < 1.29 is 17.6 Å². The Hall–Kier alpha value is -2.45. The number of nitrogens with two attached hydrogens (primary N) is 1. The molecule has 0 aliphatic carbocycles. The maximum atomic E-state index is 12.9. The number of hydrogen-bond acceptors (Lipinski definition) is 4. The van der Waals surface area contributed by atoms with Gasteiger partial charge in [0.15, 0.2) is 0 Å². The van der Waals surface area contributed by atoms with E-state index >= 15 is 0 Å². The molecule has 1 unspecified atom stereocenters. The summed E-state index contributed by atoms with van der Waals surface area (Å²) >= 11 is 0. The lowest BCUT2D eigenvalue weighted by molar-refractivity contribution is 0.0934. The van der Waals surface area contributed by atoms with Crippen molar-refractivity contribution in [1.82, 2.24) is 5.32 Å². The van der Waals surface area contributed by atoms with Crippen molar-refractivity contribution in [1.29, 1.82) is 0 Å². The first-order valence-corrected chi connectivity index (χ1v) is 10.1. The van der Waals surface area contributed by atoms with Crippen LogP contribution in [0.4, 0.5) is 10.1 Å². The first kappa shape index (κ1) is 20.9. The Balaban J connectivity index is 2.06. The summed E-state index contributed by atoms with van der Waals surface area (Å²) < 4.78 is 39.9. The molecule has 146 valence electrons. The van der Waals surface area contributed by atoms with Crippen molar-refractivity contribution in [3.05, 3.63) is 59.9 Å². The quantitative estimate of drug-likeness (QED) is 0.642. The fraction of sp³-hybridized carbons (Fsp3) is 0.316. The number of benzene rings is 2. The lowest BCUT2D eigenvalue weighted by Crippen LogP contribution is -2.41. The number of amides is 1. The van der Waals surface area contributed by atoms with Gasteiger partial charge in [-0.25, -0.2) is 12.8 Å². The van der Waals surface area contributed by atoms with Gasteiger partial charge in [0.1, 0.15) is 5.82 Å². The summed E-state index contributed by atoms with van der Waals surface area (Å²) in [5.74, 6) is -0.376. The summed E-state index contributed by atoms with van der Waals surface area (Å²) in [5, 5.41) is 2.88. The van der Waals surface area contributed by atoms with Gasteiger partial charge in [-0.15, -0.1) is 0 Å². The van der Waals surface area contributed by atoms with Crippen LogP contribution in [0.1, 0.15) is 30.6 Å². The molecule has 0 aromatic heterocycles. The highest BCUT2D eigenvalue weighted by atomic mass is 32.2. The molecule has 0 bridgehead atoms. The molecule has 1 amide bonds. The molecule has 1 atom stereocenters. The third kappa shape index (κ3) is 6.04. The summed E-state index contributed by atoms with van der Waals surface area (Å²) in [7, 11) is -3.83. The number of nitrogens with one attached hydrogen (secondary N) is 2. The molecule has 0 aliphatic rings. The second-order valence-corrected chi connectivity index (χ2v) is 8.35. The van der Waals surface area contributed by atoms with E-state index in [1.54, 1.807) is 0 Å². The van der Waals surface area contributed by atoms with E-state index in [0.717, 1.165) is 18.6 Å². The first-order valence-electron chi connectivity index (χ1n) is 8.60. The van der Waals surface area contributed by atoms with E-state index in [1.807, 2.05) is 0 Å². The maximum Gasteiger partial charge on any atom is 0.261 e. The molecule has 0 fully saturated rings. The fourth-order valence-electron chi connectivity index (χ4n) is 2.57. The van der Waals surface area contributed by atoms with Crippen LogP contribution < -0.4 is 15.8 Å². The minimum absolute atomic E-state index is 0.0507. The van der Waals surface area contributed by atoms with E-state index in [9.17, 15) is 17.6 Å². The topological polar surface area (TPSA) is 101 Å². The Morgan fingerprint density at radius 1 is 1.07 bits per heavy atom. The SMILES string of the molecule is CC(C)CC(CN)NC(=O)c1ccc(NS(=O)(=O)c2ccc(F)cc2)cc1. The summed E-state index contributed by atoms with van der Waals surface area (Å²) in [6, 6.07) is 10.4. The Bertz CT molecular complexity index is 866. The Morgan fingerprint density at radius 3 is 2.19 bits per heavy atom. The Kier molecular flexibility index (Phi) is 6.92. The summed E-state index contributed by atoms with van der Waals surface area (Å²) in [4.78, 5) is 12.3. The van der Waals surface area contributed by atoms with Crippen molar-refractivity contribution in [2.24, 2.45) is 11.7 Å². The molecule has 4 N–H and O–H groups in total. The second kappa shape index (κ2) is 8.96. The number of hydrogen-bond donors (Lipinski definition) is 3. The molecule has 8 heteroatoms. The van der Waals surface area contributed by atoms with Gasteiger partial charge in [0, 0.05) is 23.8 Å². The molecule has 2 aromatic rings. The number of rotatable bonds is 8. The lowest BCUT2D eigenvalue weighted by Gasteiger charge is -2.19. The van der Waals surface area contributed by atoms with Crippen LogP contribution in [-0.4, -0.2) is 26.9 Å². The number of carbonyl (C=O) groups excluding carboxylic acids is 1. The summed E-state index contributed by atoms with van der Waals surface area (Å²) in [6.45, 7) is 4.45. The molecular formula is C19H24FN3O3S. The molecule has 6 nitrogen and oxygen atoms in total. The normalized spacial score (nSPS) is 12.6. The largest absolute Gasteiger partial charge is 0.348 e. The molecule has 27 heavy (non-hydrogen) atoms. The summed E-state index contributed by atoms with van der Waals surface area (Å²) in [5.41, 5.74) is 6.39. The predicted molar refractivity (Wildman–Crippen MR) is 103 cm³/mol. The third-order valence-electron chi connectivity index (χ3n) is 3.90.